The lowest BCUT2D eigenvalue weighted by atomic mass is 10.4. The molecule has 0 N–H and O–H groups in total. The number of hydrogen-bond donors (Lipinski definition) is 0. The summed E-state index contributed by atoms with van der Waals surface area (Å²) in [5, 5.41) is -1.03. The van der Waals surface area contributed by atoms with Crippen LogP contribution in [0.25, 0.3) is 0 Å². The fourth-order valence-electron chi connectivity index (χ4n) is 1.60. The zero-order chi connectivity index (χ0) is 12.2. The molecule has 0 aromatic heterocycles. The van der Waals surface area contributed by atoms with Gasteiger partial charge in [0, 0.05) is 0 Å². The summed E-state index contributed by atoms with van der Waals surface area (Å²) in [6.45, 7) is 5.98. The molecular formula is C10H19O5P. The smallest absolute Gasteiger partial charge is 0.347 e. The highest BCUT2D eigenvalue weighted by molar-refractivity contribution is 7.57. The Morgan fingerprint density at radius 1 is 1.12 bits per heavy atom. The molecule has 0 atom stereocenters. The van der Waals surface area contributed by atoms with E-state index in [1.54, 1.807) is 20.8 Å². The van der Waals surface area contributed by atoms with E-state index in [4.69, 9.17) is 13.8 Å². The van der Waals surface area contributed by atoms with Gasteiger partial charge in [-0.3, -0.25) is 9.36 Å². The molecule has 16 heavy (non-hydrogen) atoms. The SMILES string of the molecule is CCOC(=O)C1(P(=O)(OCC)OCC)CC1. The van der Waals surface area contributed by atoms with E-state index in [0.717, 1.165) is 0 Å². The van der Waals surface area contributed by atoms with Gasteiger partial charge in [-0.05, 0) is 33.6 Å². The lowest BCUT2D eigenvalue weighted by molar-refractivity contribution is -0.144. The first-order valence-corrected chi connectivity index (χ1v) is 7.17. The van der Waals surface area contributed by atoms with Gasteiger partial charge < -0.3 is 13.8 Å². The van der Waals surface area contributed by atoms with E-state index in [9.17, 15) is 9.36 Å². The molecule has 0 saturated heterocycles. The predicted octanol–water partition coefficient (Wildman–Crippen LogP) is 2.35. The van der Waals surface area contributed by atoms with Crippen LogP contribution in [-0.2, 0) is 23.1 Å². The van der Waals surface area contributed by atoms with Crippen LogP contribution >= 0.6 is 7.60 Å². The van der Waals surface area contributed by atoms with Crippen molar-refractivity contribution in [3.63, 3.8) is 0 Å². The molecule has 0 aromatic carbocycles. The molecule has 0 amide bonds. The van der Waals surface area contributed by atoms with Crippen LogP contribution in [0.15, 0.2) is 0 Å². The van der Waals surface area contributed by atoms with Gasteiger partial charge in [0.2, 0.25) is 0 Å². The Hall–Kier alpha value is -0.380. The number of carbonyl (C=O) groups excluding carboxylic acids is 1. The molecule has 0 bridgehead atoms. The Balaban J connectivity index is 2.85. The van der Waals surface area contributed by atoms with Crippen LogP contribution in [0.5, 0.6) is 0 Å². The Morgan fingerprint density at radius 2 is 1.62 bits per heavy atom. The van der Waals surface area contributed by atoms with Gasteiger partial charge >= 0.3 is 13.6 Å². The molecule has 0 aliphatic heterocycles. The molecule has 0 heterocycles. The largest absolute Gasteiger partial charge is 0.465 e. The van der Waals surface area contributed by atoms with E-state index < -0.39 is 18.7 Å². The molecule has 5 nitrogen and oxygen atoms in total. The fraction of sp³-hybridized carbons (Fsp3) is 0.900. The van der Waals surface area contributed by atoms with Crippen molar-refractivity contribution in [2.24, 2.45) is 0 Å². The lowest BCUT2D eigenvalue weighted by Gasteiger charge is -2.24. The zero-order valence-electron chi connectivity index (χ0n) is 10.0. The Bertz CT molecular complexity index is 288. The summed E-state index contributed by atoms with van der Waals surface area (Å²) in [5.74, 6) is -0.458. The van der Waals surface area contributed by atoms with E-state index in [1.165, 1.54) is 0 Å². The van der Waals surface area contributed by atoms with Gasteiger partial charge in [0.1, 0.15) is 0 Å². The Kier molecular flexibility index (Phi) is 4.53. The average molecular weight is 250 g/mol. The van der Waals surface area contributed by atoms with Gasteiger partial charge in [0.05, 0.1) is 19.8 Å². The second-order valence-electron chi connectivity index (χ2n) is 3.59. The van der Waals surface area contributed by atoms with Crippen molar-refractivity contribution >= 4 is 13.6 Å². The van der Waals surface area contributed by atoms with E-state index in [-0.39, 0.29) is 19.8 Å². The standard InChI is InChI=1S/C10H19O5P/c1-4-13-9(11)10(7-8-10)16(12,14-5-2)15-6-3/h4-8H2,1-3H3. The van der Waals surface area contributed by atoms with Gasteiger partial charge in [-0.1, -0.05) is 0 Å². The maximum Gasteiger partial charge on any atom is 0.347 e. The predicted molar refractivity (Wildman–Crippen MR) is 59.5 cm³/mol. The minimum Gasteiger partial charge on any atom is -0.465 e. The van der Waals surface area contributed by atoms with E-state index in [2.05, 4.69) is 0 Å². The van der Waals surface area contributed by atoms with Gasteiger partial charge in [0.15, 0.2) is 5.16 Å². The summed E-state index contributed by atoms with van der Waals surface area (Å²) < 4.78 is 27.8. The maximum atomic E-state index is 12.5. The third kappa shape index (κ3) is 2.31. The van der Waals surface area contributed by atoms with Gasteiger partial charge in [-0.15, -0.1) is 0 Å². The van der Waals surface area contributed by atoms with Crippen molar-refractivity contribution in [2.75, 3.05) is 19.8 Å². The topological polar surface area (TPSA) is 61.8 Å². The lowest BCUT2D eigenvalue weighted by Crippen LogP contribution is -2.27. The maximum absolute atomic E-state index is 12.5. The second kappa shape index (κ2) is 5.30. The van der Waals surface area contributed by atoms with E-state index in [0.29, 0.717) is 12.8 Å². The highest BCUT2D eigenvalue weighted by atomic mass is 31.2. The molecule has 0 radical (unpaired) electrons. The minimum absolute atomic E-state index is 0.262. The van der Waals surface area contributed by atoms with Crippen LogP contribution in [-0.4, -0.2) is 30.9 Å². The van der Waals surface area contributed by atoms with E-state index >= 15 is 0 Å². The Morgan fingerprint density at radius 3 is 1.94 bits per heavy atom. The van der Waals surface area contributed by atoms with Crippen LogP contribution in [0.3, 0.4) is 0 Å². The molecule has 0 aromatic rings. The Labute approximate surface area is 96.0 Å². The summed E-state index contributed by atoms with van der Waals surface area (Å²) in [7, 11) is -3.37. The van der Waals surface area contributed by atoms with Crippen LogP contribution in [0.2, 0.25) is 0 Å². The molecule has 1 aliphatic carbocycles. The van der Waals surface area contributed by atoms with Crippen molar-refractivity contribution in [2.45, 2.75) is 38.8 Å². The van der Waals surface area contributed by atoms with E-state index in [1.807, 2.05) is 0 Å². The summed E-state index contributed by atoms with van der Waals surface area (Å²) in [6.07, 6.45) is 1.03. The van der Waals surface area contributed by atoms with Crippen LogP contribution in [0.4, 0.5) is 0 Å². The number of hydrogen-bond acceptors (Lipinski definition) is 5. The quantitative estimate of drug-likeness (QED) is 0.512. The molecule has 94 valence electrons. The van der Waals surface area contributed by atoms with Crippen molar-refractivity contribution in [1.82, 2.24) is 0 Å². The molecule has 6 heteroatoms. The normalized spacial score (nSPS) is 18.2. The molecule has 1 fully saturated rings. The summed E-state index contributed by atoms with van der Waals surface area (Å²) in [5.41, 5.74) is 0. The minimum atomic E-state index is -3.37. The molecule has 1 saturated carbocycles. The fourth-order valence-corrected chi connectivity index (χ4v) is 3.79. The third-order valence-corrected chi connectivity index (χ3v) is 5.38. The van der Waals surface area contributed by atoms with Crippen LogP contribution in [0, 0.1) is 0 Å². The van der Waals surface area contributed by atoms with Crippen LogP contribution in [0.1, 0.15) is 33.6 Å². The van der Waals surface area contributed by atoms with Gasteiger partial charge in [0.25, 0.3) is 0 Å². The molecule has 1 aliphatic rings. The first kappa shape index (κ1) is 13.7. The highest BCUT2D eigenvalue weighted by Gasteiger charge is 2.66. The van der Waals surface area contributed by atoms with Crippen molar-refractivity contribution in [3.8, 4) is 0 Å². The average Bonchev–Trinajstić information content (AvgIpc) is 2.99. The molecule has 0 unspecified atom stereocenters. The summed E-state index contributed by atoms with van der Waals surface area (Å²) in [4.78, 5) is 11.8. The highest BCUT2D eigenvalue weighted by Crippen LogP contribution is 2.71. The van der Waals surface area contributed by atoms with Crippen molar-refractivity contribution < 1.29 is 23.1 Å². The monoisotopic (exact) mass is 250 g/mol. The van der Waals surface area contributed by atoms with Crippen molar-refractivity contribution in [3.05, 3.63) is 0 Å². The molecular weight excluding hydrogens is 231 g/mol. The zero-order valence-corrected chi connectivity index (χ0v) is 10.9. The van der Waals surface area contributed by atoms with Gasteiger partial charge in [-0.25, -0.2) is 0 Å². The first-order chi connectivity index (χ1) is 7.56. The molecule has 1 rings (SSSR count). The number of carbonyl (C=O) groups is 1. The number of rotatable bonds is 7. The molecule has 0 spiro atoms. The first-order valence-electron chi connectivity index (χ1n) is 5.62. The number of ether oxygens (including phenoxy) is 1. The summed E-state index contributed by atoms with van der Waals surface area (Å²) in [6, 6.07) is 0. The summed E-state index contributed by atoms with van der Waals surface area (Å²) >= 11 is 0. The van der Waals surface area contributed by atoms with Crippen molar-refractivity contribution in [1.29, 1.82) is 0 Å². The second-order valence-corrected chi connectivity index (χ2v) is 5.95. The van der Waals surface area contributed by atoms with Gasteiger partial charge in [-0.2, -0.15) is 0 Å². The van der Waals surface area contributed by atoms with Crippen LogP contribution < -0.4 is 0 Å². The number of esters is 1. The third-order valence-electron chi connectivity index (χ3n) is 2.50.